The first-order chi connectivity index (χ1) is 10.7. The van der Waals surface area contributed by atoms with Crippen molar-refractivity contribution in [3.8, 4) is 0 Å². The van der Waals surface area contributed by atoms with E-state index in [9.17, 15) is 9.59 Å². The summed E-state index contributed by atoms with van der Waals surface area (Å²) in [6, 6.07) is 0.156. The average molecular weight is 344 g/mol. The minimum Gasteiger partial charge on any atom is -0.476 e. The Morgan fingerprint density at radius 2 is 1.96 bits per heavy atom. The number of nitrogens with zero attached hydrogens (tertiary/aromatic N) is 2. The van der Waals surface area contributed by atoms with Gasteiger partial charge in [0.15, 0.2) is 5.69 Å². The molecule has 23 heavy (non-hydrogen) atoms. The molecule has 8 heteroatoms. The Morgan fingerprint density at radius 1 is 1.35 bits per heavy atom. The van der Waals surface area contributed by atoms with Gasteiger partial charge < -0.3 is 15.2 Å². The Balaban J connectivity index is 1.88. The van der Waals surface area contributed by atoms with E-state index in [1.165, 1.54) is 0 Å². The lowest BCUT2D eigenvalue weighted by molar-refractivity contribution is 0.0486. The Morgan fingerprint density at radius 3 is 2.43 bits per heavy atom. The zero-order chi connectivity index (χ0) is 17.2. The van der Waals surface area contributed by atoms with Crippen LogP contribution in [0.25, 0.3) is 0 Å². The smallest absolute Gasteiger partial charge is 0.407 e. The monoisotopic (exact) mass is 343 g/mol. The third-order valence-electron chi connectivity index (χ3n) is 3.68. The van der Waals surface area contributed by atoms with Gasteiger partial charge >= 0.3 is 12.1 Å². The van der Waals surface area contributed by atoms with E-state index < -0.39 is 17.7 Å². The van der Waals surface area contributed by atoms with Gasteiger partial charge in [-0.25, -0.2) is 9.59 Å². The average Bonchev–Trinajstić information content (AvgIpc) is 2.79. The van der Waals surface area contributed by atoms with E-state index in [1.54, 1.807) is 10.9 Å². The lowest BCUT2D eigenvalue weighted by atomic mass is 9.91. The summed E-state index contributed by atoms with van der Waals surface area (Å²) >= 11 is 5.88. The summed E-state index contributed by atoms with van der Waals surface area (Å²) < 4.78 is 6.87. The van der Waals surface area contributed by atoms with Crippen LogP contribution < -0.4 is 5.32 Å². The molecule has 1 fully saturated rings. The lowest BCUT2D eigenvalue weighted by Gasteiger charge is -2.30. The molecule has 0 atom stereocenters. The van der Waals surface area contributed by atoms with Gasteiger partial charge in [0.25, 0.3) is 0 Å². The number of nitrogens with one attached hydrogen (secondary N) is 1. The normalized spacial score (nSPS) is 21.7. The summed E-state index contributed by atoms with van der Waals surface area (Å²) in [4.78, 5) is 22.8. The molecule has 1 aromatic heterocycles. The number of carbonyl (C=O) groups is 2. The van der Waals surface area contributed by atoms with Crippen molar-refractivity contribution in [1.82, 2.24) is 15.1 Å². The van der Waals surface area contributed by atoms with E-state index in [4.69, 9.17) is 21.4 Å². The number of hydrogen-bond donors (Lipinski definition) is 2. The molecule has 0 aliphatic heterocycles. The summed E-state index contributed by atoms with van der Waals surface area (Å²) in [7, 11) is 0. The molecule has 7 nitrogen and oxygen atoms in total. The predicted molar refractivity (Wildman–Crippen MR) is 84.9 cm³/mol. The standard InChI is InChI=1S/C15H22ClN3O4/c1-15(2,3)23-14(22)17-9-4-6-10(7-5-9)19-8-11(16)12(18-19)13(20)21/h8-10H,4-7H2,1-3H3,(H,17,22)(H,20,21). The number of aromatic carboxylic acids is 1. The van der Waals surface area contributed by atoms with E-state index in [0.717, 1.165) is 25.7 Å². The zero-order valence-corrected chi connectivity index (χ0v) is 14.3. The highest BCUT2D eigenvalue weighted by atomic mass is 35.5. The van der Waals surface area contributed by atoms with Crippen LogP contribution in [0.2, 0.25) is 5.02 Å². The van der Waals surface area contributed by atoms with Gasteiger partial charge in [0, 0.05) is 12.2 Å². The van der Waals surface area contributed by atoms with E-state index in [1.807, 2.05) is 20.8 Å². The summed E-state index contributed by atoms with van der Waals surface area (Å²) in [6.45, 7) is 5.47. The van der Waals surface area contributed by atoms with Gasteiger partial charge in [-0.15, -0.1) is 0 Å². The highest BCUT2D eigenvalue weighted by Crippen LogP contribution is 2.30. The molecule has 128 valence electrons. The molecule has 2 rings (SSSR count). The minimum atomic E-state index is -1.13. The molecule has 2 N–H and O–H groups in total. The van der Waals surface area contributed by atoms with Crippen LogP contribution in [-0.2, 0) is 4.74 Å². The number of ether oxygens (including phenoxy) is 1. The maximum absolute atomic E-state index is 11.8. The van der Waals surface area contributed by atoms with Gasteiger partial charge in [-0.2, -0.15) is 5.10 Å². The summed E-state index contributed by atoms with van der Waals surface area (Å²) in [5.41, 5.74) is -0.638. The molecule has 1 saturated carbocycles. The molecular weight excluding hydrogens is 322 g/mol. The van der Waals surface area contributed by atoms with Crippen molar-refractivity contribution < 1.29 is 19.4 Å². The second-order valence-corrected chi connectivity index (χ2v) is 7.17. The van der Waals surface area contributed by atoms with Crippen LogP contribution in [-0.4, -0.2) is 38.6 Å². The number of alkyl carbamates (subject to hydrolysis) is 1. The van der Waals surface area contributed by atoms with Crippen molar-refractivity contribution in [2.75, 3.05) is 0 Å². The lowest BCUT2D eigenvalue weighted by Crippen LogP contribution is -2.41. The number of carboxylic acids is 1. The molecule has 0 spiro atoms. The largest absolute Gasteiger partial charge is 0.476 e. The first-order valence-corrected chi connectivity index (χ1v) is 8.01. The topological polar surface area (TPSA) is 93.5 Å². The maximum atomic E-state index is 11.8. The van der Waals surface area contributed by atoms with Crippen molar-refractivity contribution in [2.24, 2.45) is 0 Å². The Labute approximate surface area is 139 Å². The van der Waals surface area contributed by atoms with Crippen molar-refractivity contribution in [1.29, 1.82) is 0 Å². The van der Waals surface area contributed by atoms with Gasteiger partial charge in [0.05, 0.1) is 11.1 Å². The number of aromatic nitrogens is 2. The number of halogens is 1. The van der Waals surface area contributed by atoms with Crippen molar-refractivity contribution in [3.05, 3.63) is 16.9 Å². The quantitative estimate of drug-likeness (QED) is 0.878. The second-order valence-electron chi connectivity index (χ2n) is 6.76. The van der Waals surface area contributed by atoms with Crippen LogP contribution in [0.1, 0.15) is 63.0 Å². The fourth-order valence-electron chi connectivity index (χ4n) is 2.66. The summed E-state index contributed by atoms with van der Waals surface area (Å²) in [6.07, 6.45) is 4.29. The van der Waals surface area contributed by atoms with Crippen molar-refractivity contribution >= 4 is 23.7 Å². The van der Waals surface area contributed by atoms with Crippen LogP contribution in [0.5, 0.6) is 0 Å². The summed E-state index contributed by atoms with van der Waals surface area (Å²) in [5.74, 6) is -1.13. The Kier molecular flexibility index (Phi) is 5.19. The molecule has 1 aliphatic rings. The molecule has 1 amide bonds. The van der Waals surface area contributed by atoms with Crippen LogP contribution in [0.15, 0.2) is 6.20 Å². The second kappa shape index (κ2) is 6.78. The highest BCUT2D eigenvalue weighted by Gasteiger charge is 2.27. The number of hydrogen-bond acceptors (Lipinski definition) is 4. The molecule has 0 aromatic carbocycles. The fraction of sp³-hybridized carbons (Fsp3) is 0.667. The number of rotatable bonds is 3. The maximum Gasteiger partial charge on any atom is 0.407 e. The van der Waals surface area contributed by atoms with E-state index in [0.29, 0.717) is 0 Å². The van der Waals surface area contributed by atoms with Gasteiger partial charge in [-0.3, -0.25) is 4.68 Å². The Hall–Kier alpha value is -1.76. The fourth-order valence-corrected chi connectivity index (χ4v) is 2.88. The SMILES string of the molecule is CC(C)(C)OC(=O)NC1CCC(n2cc(Cl)c(C(=O)O)n2)CC1. The number of carbonyl (C=O) groups excluding carboxylic acids is 1. The zero-order valence-electron chi connectivity index (χ0n) is 13.5. The molecule has 1 aromatic rings. The van der Waals surface area contributed by atoms with Crippen LogP contribution in [0.4, 0.5) is 4.79 Å². The molecule has 0 unspecified atom stereocenters. The third-order valence-corrected chi connectivity index (χ3v) is 3.96. The van der Waals surface area contributed by atoms with E-state index in [2.05, 4.69) is 10.4 Å². The van der Waals surface area contributed by atoms with Crippen LogP contribution in [0.3, 0.4) is 0 Å². The Bertz CT molecular complexity index is 586. The highest BCUT2D eigenvalue weighted by molar-refractivity contribution is 6.33. The molecule has 0 bridgehead atoms. The number of carboxylic acid groups (broad SMARTS) is 1. The summed E-state index contributed by atoms with van der Waals surface area (Å²) in [5, 5.41) is 16.0. The number of amides is 1. The third kappa shape index (κ3) is 4.86. The van der Waals surface area contributed by atoms with Gasteiger partial charge in [0.1, 0.15) is 5.60 Å². The molecule has 0 radical (unpaired) electrons. The predicted octanol–water partition coefficient (Wildman–Crippen LogP) is 3.24. The van der Waals surface area contributed by atoms with Gasteiger partial charge in [-0.1, -0.05) is 11.6 Å². The van der Waals surface area contributed by atoms with Gasteiger partial charge in [0.2, 0.25) is 0 Å². The molecule has 1 heterocycles. The molecule has 0 saturated heterocycles. The first-order valence-electron chi connectivity index (χ1n) is 7.63. The van der Waals surface area contributed by atoms with E-state index >= 15 is 0 Å². The molecular formula is C15H22ClN3O4. The van der Waals surface area contributed by atoms with Crippen LogP contribution >= 0.6 is 11.6 Å². The van der Waals surface area contributed by atoms with Crippen LogP contribution in [0, 0.1) is 0 Å². The van der Waals surface area contributed by atoms with E-state index in [-0.39, 0.29) is 22.8 Å². The molecule has 1 aliphatic carbocycles. The minimum absolute atomic E-state index is 0.0612. The van der Waals surface area contributed by atoms with Gasteiger partial charge in [-0.05, 0) is 46.5 Å². The first kappa shape index (κ1) is 17.6. The van der Waals surface area contributed by atoms with Crippen molar-refractivity contribution in [2.45, 2.75) is 64.1 Å². The van der Waals surface area contributed by atoms with Crippen molar-refractivity contribution in [3.63, 3.8) is 0 Å².